The molecule has 0 spiro atoms. The van der Waals surface area contributed by atoms with Gasteiger partial charge in [-0.2, -0.15) is 0 Å². The molecule has 0 amide bonds. The Balaban J connectivity index is 2.23. The van der Waals surface area contributed by atoms with E-state index in [-0.39, 0.29) is 5.75 Å². The maximum absolute atomic E-state index is 9.63. The van der Waals surface area contributed by atoms with E-state index in [0.717, 1.165) is 11.0 Å². The van der Waals surface area contributed by atoms with Gasteiger partial charge in [0.15, 0.2) is 5.75 Å². The molecule has 78 valence electrons. The van der Waals surface area contributed by atoms with E-state index in [0.29, 0.717) is 5.69 Å². The number of pyridine rings is 1. The predicted molar refractivity (Wildman–Crippen MR) is 58.3 cm³/mol. The molecule has 0 saturated carbocycles. The van der Waals surface area contributed by atoms with Crippen molar-refractivity contribution in [1.29, 1.82) is 0 Å². The molecule has 2 aromatic heterocycles. The molecule has 5 heteroatoms. The zero-order valence-corrected chi connectivity index (χ0v) is 8.28. The van der Waals surface area contributed by atoms with Crippen molar-refractivity contribution in [2.75, 3.05) is 0 Å². The van der Waals surface area contributed by atoms with E-state index in [2.05, 4.69) is 15.2 Å². The van der Waals surface area contributed by atoms with Crippen molar-refractivity contribution in [1.82, 2.24) is 20.0 Å². The molecular weight excluding hydrogens is 204 g/mol. The smallest absolute Gasteiger partial charge is 0.161 e. The Hall–Kier alpha value is -2.43. The number of aromatic hydroxyl groups is 1. The maximum Gasteiger partial charge on any atom is 0.161 e. The van der Waals surface area contributed by atoms with Gasteiger partial charge in [0.1, 0.15) is 16.7 Å². The average Bonchev–Trinajstić information content (AvgIpc) is 2.73. The minimum absolute atomic E-state index is 0.0582. The fraction of sp³-hybridized carbons (Fsp3) is 0. The Kier molecular flexibility index (Phi) is 1.83. The number of rotatable bonds is 1. The SMILES string of the molecule is Oc1cnccc1-n1nc2ccccc2n1. The van der Waals surface area contributed by atoms with Crippen LogP contribution in [0.2, 0.25) is 0 Å². The molecule has 0 unspecified atom stereocenters. The van der Waals surface area contributed by atoms with Gasteiger partial charge in [-0.3, -0.25) is 4.98 Å². The molecule has 5 nitrogen and oxygen atoms in total. The summed E-state index contributed by atoms with van der Waals surface area (Å²) in [4.78, 5) is 5.21. The Morgan fingerprint density at radius 3 is 2.31 bits per heavy atom. The van der Waals surface area contributed by atoms with Gasteiger partial charge in [0, 0.05) is 6.20 Å². The van der Waals surface area contributed by atoms with Gasteiger partial charge in [-0.1, -0.05) is 12.1 Å². The number of fused-ring (bicyclic) bond motifs is 1. The van der Waals surface area contributed by atoms with Crippen molar-refractivity contribution >= 4 is 11.0 Å². The number of aromatic nitrogens is 4. The van der Waals surface area contributed by atoms with E-state index in [4.69, 9.17) is 0 Å². The van der Waals surface area contributed by atoms with Crippen molar-refractivity contribution < 1.29 is 5.11 Å². The Morgan fingerprint density at radius 2 is 1.69 bits per heavy atom. The zero-order valence-electron chi connectivity index (χ0n) is 8.28. The molecule has 1 aromatic carbocycles. The van der Waals surface area contributed by atoms with E-state index in [1.807, 2.05) is 24.3 Å². The first-order valence-corrected chi connectivity index (χ1v) is 4.80. The molecule has 0 aliphatic rings. The number of hydrogen-bond donors (Lipinski definition) is 1. The summed E-state index contributed by atoms with van der Waals surface area (Å²) in [5, 5.41) is 18.1. The lowest BCUT2D eigenvalue weighted by molar-refractivity contribution is 0.465. The number of nitrogens with zero attached hydrogens (tertiary/aromatic N) is 4. The van der Waals surface area contributed by atoms with Crippen molar-refractivity contribution in [3.63, 3.8) is 0 Å². The number of hydrogen-bond acceptors (Lipinski definition) is 4. The van der Waals surface area contributed by atoms with Gasteiger partial charge in [0.25, 0.3) is 0 Å². The Labute approximate surface area is 91.0 Å². The second-order valence-corrected chi connectivity index (χ2v) is 3.34. The molecule has 0 atom stereocenters. The maximum atomic E-state index is 9.63. The predicted octanol–water partition coefficient (Wildman–Crippen LogP) is 1.52. The third-order valence-electron chi connectivity index (χ3n) is 2.28. The van der Waals surface area contributed by atoms with E-state index >= 15 is 0 Å². The first-order valence-electron chi connectivity index (χ1n) is 4.80. The van der Waals surface area contributed by atoms with E-state index in [1.165, 1.54) is 11.0 Å². The van der Waals surface area contributed by atoms with Gasteiger partial charge < -0.3 is 5.11 Å². The monoisotopic (exact) mass is 212 g/mol. The quantitative estimate of drug-likeness (QED) is 0.664. The summed E-state index contributed by atoms with van der Waals surface area (Å²) >= 11 is 0. The van der Waals surface area contributed by atoms with E-state index in [9.17, 15) is 5.11 Å². The summed E-state index contributed by atoms with van der Waals surface area (Å²) in [7, 11) is 0. The summed E-state index contributed by atoms with van der Waals surface area (Å²) in [5.74, 6) is 0.0582. The minimum Gasteiger partial charge on any atom is -0.504 e. The van der Waals surface area contributed by atoms with Crippen LogP contribution in [-0.4, -0.2) is 25.1 Å². The second-order valence-electron chi connectivity index (χ2n) is 3.34. The van der Waals surface area contributed by atoms with Crippen molar-refractivity contribution in [3.8, 4) is 11.4 Å². The lowest BCUT2D eigenvalue weighted by Gasteiger charge is -2.00. The van der Waals surface area contributed by atoms with Crippen LogP contribution >= 0.6 is 0 Å². The highest BCUT2D eigenvalue weighted by atomic mass is 16.3. The van der Waals surface area contributed by atoms with Gasteiger partial charge in [0.2, 0.25) is 0 Å². The summed E-state index contributed by atoms with van der Waals surface area (Å²) < 4.78 is 0. The van der Waals surface area contributed by atoms with Crippen LogP contribution in [0.5, 0.6) is 5.75 Å². The molecule has 0 aliphatic heterocycles. The van der Waals surface area contributed by atoms with Gasteiger partial charge >= 0.3 is 0 Å². The van der Waals surface area contributed by atoms with E-state index < -0.39 is 0 Å². The standard InChI is InChI=1S/C11H8N4O/c16-11-7-12-6-5-10(11)15-13-8-3-1-2-4-9(8)14-15/h1-7,16H. The first kappa shape index (κ1) is 8.84. The fourth-order valence-electron chi connectivity index (χ4n) is 1.52. The lowest BCUT2D eigenvalue weighted by Crippen LogP contribution is -1.98. The highest BCUT2D eigenvalue weighted by Gasteiger charge is 2.07. The Morgan fingerprint density at radius 1 is 1.00 bits per heavy atom. The van der Waals surface area contributed by atoms with Crippen LogP contribution < -0.4 is 0 Å². The van der Waals surface area contributed by atoms with Crippen LogP contribution in [0.4, 0.5) is 0 Å². The summed E-state index contributed by atoms with van der Waals surface area (Å²) in [6.07, 6.45) is 2.95. The molecule has 0 saturated heterocycles. The first-order chi connectivity index (χ1) is 7.84. The Bertz CT molecular complexity index is 614. The molecule has 1 N–H and O–H groups in total. The number of benzene rings is 1. The van der Waals surface area contributed by atoms with Gasteiger partial charge in [-0.15, -0.1) is 15.0 Å². The van der Waals surface area contributed by atoms with Crippen LogP contribution in [0.1, 0.15) is 0 Å². The van der Waals surface area contributed by atoms with Crippen LogP contribution in [0.3, 0.4) is 0 Å². The highest BCUT2D eigenvalue weighted by Crippen LogP contribution is 2.19. The molecular formula is C11H8N4O. The molecule has 2 heterocycles. The largest absolute Gasteiger partial charge is 0.504 e. The minimum atomic E-state index is 0.0582. The van der Waals surface area contributed by atoms with Crippen molar-refractivity contribution in [2.24, 2.45) is 0 Å². The van der Waals surface area contributed by atoms with Crippen LogP contribution in [0.15, 0.2) is 42.7 Å². The highest BCUT2D eigenvalue weighted by molar-refractivity contribution is 5.73. The fourth-order valence-corrected chi connectivity index (χ4v) is 1.52. The normalized spacial score (nSPS) is 10.8. The molecule has 3 aromatic rings. The van der Waals surface area contributed by atoms with Crippen LogP contribution in [0.25, 0.3) is 16.7 Å². The van der Waals surface area contributed by atoms with Gasteiger partial charge in [0.05, 0.1) is 6.20 Å². The third kappa shape index (κ3) is 1.30. The molecule has 0 fully saturated rings. The summed E-state index contributed by atoms with van der Waals surface area (Å²) in [6, 6.07) is 9.20. The van der Waals surface area contributed by atoms with Crippen LogP contribution in [0, 0.1) is 0 Å². The topological polar surface area (TPSA) is 63.8 Å². The molecule has 16 heavy (non-hydrogen) atoms. The van der Waals surface area contributed by atoms with Crippen molar-refractivity contribution in [2.45, 2.75) is 0 Å². The van der Waals surface area contributed by atoms with Crippen molar-refractivity contribution in [3.05, 3.63) is 42.7 Å². The third-order valence-corrected chi connectivity index (χ3v) is 2.28. The molecule has 0 bridgehead atoms. The second kappa shape index (κ2) is 3.30. The summed E-state index contributed by atoms with van der Waals surface area (Å²) in [6.45, 7) is 0. The molecule has 0 aliphatic carbocycles. The van der Waals surface area contributed by atoms with Crippen LogP contribution in [-0.2, 0) is 0 Å². The zero-order chi connectivity index (χ0) is 11.0. The van der Waals surface area contributed by atoms with Gasteiger partial charge in [-0.25, -0.2) is 0 Å². The summed E-state index contributed by atoms with van der Waals surface area (Å²) in [5.41, 5.74) is 2.10. The van der Waals surface area contributed by atoms with E-state index in [1.54, 1.807) is 12.3 Å². The molecule has 3 rings (SSSR count). The molecule has 0 radical (unpaired) electrons. The van der Waals surface area contributed by atoms with Gasteiger partial charge in [-0.05, 0) is 18.2 Å². The lowest BCUT2D eigenvalue weighted by atomic mass is 10.3. The average molecular weight is 212 g/mol.